The summed E-state index contributed by atoms with van der Waals surface area (Å²) in [5.41, 5.74) is 6.44. The van der Waals surface area contributed by atoms with Crippen molar-refractivity contribution in [1.29, 1.82) is 0 Å². The van der Waals surface area contributed by atoms with Gasteiger partial charge in [0, 0.05) is 18.7 Å². The van der Waals surface area contributed by atoms with Crippen LogP contribution in [0.5, 0.6) is 0 Å². The van der Waals surface area contributed by atoms with Crippen molar-refractivity contribution in [2.24, 2.45) is 11.7 Å². The lowest BCUT2D eigenvalue weighted by Gasteiger charge is -2.32. The Balaban J connectivity index is 0.00000144. The van der Waals surface area contributed by atoms with Gasteiger partial charge in [-0.25, -0.2) is 0 Å². The van der Waals surface area contributed by atoms with Crippen molar-refractivity contribution in [2.75, 3.05) is 19.6 Å². The molecule has 3 nitrogen and oxygen atoms in total. The molecule has 0 aromatic heterocycles. The molecule has 1 amide bonds. The van der Waals surface area contributed by atoms with Gasteiger partial charge in [-0.2, -0.15) is 0 Å². The molecule has 0 radical (unpaired) electrons. The first-order chi connectivity index (χ1) is 7.81. The molecule has 2 rings (SSSR count). The smallest absolute Gasteiger partial charge is 0.253 e. The molecule has 1 aromatic carbocycles. The van der Waals surface area contributed by atoms with E-state index in [0.717, 1.165) is 31.5 Å². The van der Waals surface area contributed by atoms with Gasteiger partial charge in [-0.05, 0) is 37.4 Å². The molecule has 1 aliphatic heterocycles. The predicted octanol–water partition coefficient (Wildman–Crippen LogP) is 1.92. The molecule has 0 spiro atoms. The van der Waals surface area contributed by atoms with E-state index < -0.39 is 0 Å². The summed E-state index contributed by atoms with van der Waals surface area (Å²) in [6.45, 7) is 2.35. The number of hydrogen-bond donors (Lipinski definition) is 1. The Morgan fingerprint density at radius 2 is 2.06 bits per heavy atom. The van der Waals surface area contributed by atoms with Gasteiger partial charge in [-0.3, -0.25) is 4.79 Å². The molecule has 2 N–H and O–H groups in total. The molecule has 1 unspecified atom stereocenters. The van der Waals surface area contributed by atoms with Gasteiger partial charge in [0.2, 0.25) is 0 Å². The van der Waals surface area contributed by atoms with Crippen LogP contribution in [-0.2, 0) is 0 Å². The van der Waals surface area contributed by atoms with Crippen molar-refractivity contribution >= 4 is 18.3 Å². The van der Waals surface area contributed by atoms with Gasteiger partial charge in [0.15, 0.2) is 0 Å². The first-order valence-corrected chi connectivity index (χ1v) is 5.85. The molecular formula is C13H19ClN2O. The van der Waals surface area contributed by atoms with Crippen LogP contribution in [0, 0.1) is 5.92 Å². The molecule has 0 bridgehead atoms. The Morgan fingerprint density at radius 1 is 1.35 bits per heavy atom. The van der Waals surface area contributed by atoms with Crippen molar-refractivity contribution in [3.05, 3.63) is 35.9 Å². The highest BCUT2D eigenvalue weighted by Gasteiger charge is 2.23. The molecule has 0 saturated carbocycles. The number of hydrogen-bond acceptors (Lipinski definition) is 2. The van der Waals surface area contributed by atoms with E-state index in [-0.39, 0.29) is 18.3 Å². The molecule has 1 aromatic rings. The summed E-state index contributed by atoms with van der Waals surface area (Å²) < 4.78 is 0. The summed E-state index contributed by atoms with van der Waals surface area (Å²) in [5.74, 6) is 0.611. The number of piperidine rings is 1. The molecular weight excluding hydrogens is 236 g/mol. The van der Waals surface area contributed by atoms with E-state index in [1.54, 1.807) is 0 Å². The van der Waals surface area contributed by atoms with Crippen LogP contribution in [0.4, 0.5) is 0 Å². The van der Waals surface area contributed by atoms with E-state index in [4.69, 9.17) is 5.73 Å². The zero-order chi connectivity index (χ0) is 11.4. The second-order valence-corrected chi connectivity index (χ2v) is 4.36. The number of rotatable bonds is 2. The molecule has 1 heterocycles. The van der Waals surface area contributed by atoms with Crippen LogP contribution in [0.1, 0.15) is 23.2 Å². The van der Waals surface area contributed by atoms with Gasteiger partial charge >= 0.3 is 0 Å². The lowest BCUT2D eigenvalue weighted by Crippen LogP contribution is -2.42. The number of benzene rings is 1. The lowest BCUT2D eigenvalue weighted by molar-refractivity contribution is 0.0678. The summed E-state index contributed by atoms with van der Waals surface area (Å²) in [7, 11) is 0. The van der Waals surface area contributed by atoms with Crippen molar-refractivity contribution in [3.8, 4) is 0 Å². The Labute approximate surface area is 108 Å². The maximum absolute atomic E-state index is 12.1. The SMILES string of the molecule is Cl.NCC1CCCN(C(=O)c2ccccc2)C1. The zero-order valence-electron chi connectivity index (χ0n) is 9.84. The second-order valence-electron chi connectivity index (χ2n) is 4.36. The molecule has 4 heteroatoms. The molecule has 1 atom stereocenters. The van der Waals surface area contributed by atoms with Gasteiger partial charge in [0.25, 0.3) is 5.91 Å². The fraction of sp³-hybridized carbons (Fsp3) is 0.462. The number of carbonyl (C=O) groups excluding carboxylic acids is 1. The number of nitrogens with zero attached hydrogens (tertiary/aromatic N) is 1. The summed E-state index contributed by atoms with van der Waals surface area (Å²) in [6.07, 6.45) is 2.22. The Kier molecular flexibility index (Phi) is 5.45. The number of halogens is 1. The van der Waals surface area contributed by atoms with E-state index >= 15 is 0 Å². The first kappa shape index (κ1) is 14.0. The minimum Gasteiger partial charge on any atom is -0.338 e. The Morgan fingerprint density at radius 3 is 2.71 bits per heavy atom. The van der Waals surface area contributed by atoms with Crippen molar-refractivity contribution < 1.29 is 4.79 Å². The monoisotopic (exact) mass is 254 g/mol. The summed E-state index contributed by atoms with van der Waals surface area (Å²) >= 11 is 0. The number of nitrogens with two attached hydrogens (primary N) is 1. The third-order valence-electron chi connectivity index (χ3n) is 3.16. The maximum Gasteiger partial charge on any atom is 0.253 e. The third kappa shape index (κ3) is 3.45. The van der Waals surface area contributed by atoms with Crippen LogP contribution in [0.15, 0.2) is 30.3 Å². The third-order valence-corrected chi connectivity index (χ3v) is 3.16. The summed E-state index contributed by atoms with van der Waals surface area (Å²) in [4.78, 5) is 14.1. The average Bonchev–Trinajstić information content (AvgIpc) is 2.39. The number of amides is 1. The maximum atomic E-state index is 12.1. The van der Waals surface area contributed by atoms with Gasteiger partial charge in [-0.1, -0.05) is 18.2 Å². The highest BCUT2D eigenvalue weighted by atomic mass is 35.5. The van der Waals surface area contributed by atoms with Gasteiger partial charge < -0.3 is 10.6 Å². The van der Waals surface area contributed by atoms with Crippen LogP contribution in [0.3, 0.4) is 0 Å². The van der Waals surface area contributed by atoms with Gasteiger partial charge in [0.1, 0.15) is 0 Å². The minimum atomic E-state index is 0. The first-order valence-electron chi connectivity index (χ1n) is 5.85. The zero-order valence-corrected chi connectivity index (χ0v) is 10.7. The highest BCUT2D eigenvalue weighted by Crippen LogP contribution is 2.17. The molecule has 17 heavy (non-hydrogen) atoms. The van der Waals surface area contributed by atoms with Crippen LogP contribution in [-0.4, -0.2) is 30.4 Å². The minimum absolute atomic E-state index is 0. The predicted molar refractivity (Wildman–Crippen MR) is 71.4 cm³/mol. The van der Waals surface area contributed by atoms with Crippen LogP contribution in [0.2, 0.25) is 0 Å². The quantitative estimate of drug-likeness (QED) is 0.877. The van der Waals surface area contributed by atoms with Crippen LogP contribution < -0.4 is 5.73 Å². The van der Waals surface area contributed by atoms with Crippen molar-refractivity contribution in [3.63, 3.8) is 0 Å². The van der Waals surface area contributed by atoms with Crippen molar-refractivity contribution in [1.82, 2.24) is 4.90 Å². The van der Waals surface area contributed by atoms with Crippen molar-refractivity contribution in [2.45, 2.75) is 12.8 Å². The fourth-order valence-corrected chi connectivity index (χ4v) is 2.21. The van der Waals surface area contributed by atoms with Gasteiger partial charge in [-0.15, -0.1) is 12.4 Å². The largest absolute Gasteiger partial charge is 0.338 e. The topological polar surface area (TPSA) is 46.3 Å². The Bertz CT molecular complexity index is 356. The summed E-state index contributed by atoms with van der Waals surface area (Å²) in [5, 5.41) is 0. The van der Waals surface area contributed by atoms with Crippen LogP contribution in [0.25, 0.3) is 0 Å². The molecule has 1 fully saturated rings. The van der Waals surface area contributed by atoms with E-state index in [1.807, 2.05) is 35.2 Å². The van der Waals surface area contributed by atoms with E-state index in [1.165, 1.54) is 0 Å². The molecule has 0 aliphatic carbocycles. The van der Waals surface area contributed by atoms with E-state index in [0.29, 0.717) is 12.5 Å². The fourth-order valence-electron chi connectivity index (χ4n) is 2.21. The number of carbonyl (C=O) groups is 1. The Hall–Kier alpha value is -1.06. The lowest BCUT2D eigenvalue weighted by atomic mass is 9.97. The molecule has 1 aliphatic rings. The standard InChI is InChI=1S/C13H18N2O.ClH/c14-9-11-5-4-8-15(10-11)13(16)12-6-2-1-3-7-12;/h1-3,6-7,11H,4-5,8-10,14H2;1H. The summed E-state index contributed by atoms with van der Waals surface area (Å²) in [6, 6.07) is 9.47. The number of likely N-dealkylation sites (tertiary alicyclic amines) is 1. The van der Waals surface area contributed by atoms with Gasteiger partial charge in [0.05, 0.1) is 0 Å². The average molecular weight is 255 g/mol. The second kappa shape index (κ2) is 6.62. The highest BCUT2D eigenvalue weighted by molar-refractivity contribution is 5.94. The van der Waals surface area contributed by atoms with E-state index in [9.17, 15) is 4.79 Å². The molecule has 94 valence electrons. The molecule has 1 saturated heterocycles. The normalized spacial score (nSPS) is 19.6. The van der Waals surface area contributed by atoms with E-state index in [2.05, 4.69) is 0 Å². The van der Waals surface area contributed by atoms with Crippen LogP contribution >= 0.6 is 12.4 Å².